The van der Waals surface area contributed by atoms with E-state index in [0.29, 0.717) is 24.1 Å². The fraction of sp³-hybridized carbons (Fsp3) is 0.588. The summed E-state index contributed by atoms with van der Waals surface area (Å²) in [6, 6.07) is 9.78. The Morgan fingerprint density at radius 3 is 2.58 bits per heavy atom. The molecule has 0 unspecified atom stereocenters. The number of hydrogen-bond acceptors (Lipinski definition) is 1. The summed E-state index contributed by atoms with van der Waals surface area (Å²) in [6.07, 6.45) is 2.63. The van der Waals surface area contributed by atoms with E-state index in [1.807, 2.05) is 0 Å². The molecule has 19 heavy (non-hydrogen) atoms. The summed E-state index contributed by atoms with van der Waals surface area (Å²) in [4.78, 5) is 0. The first kappa shape index (κ1) is 12.7. The molecule has 0 amide bonds. The molecule has 2 nitrogen and oxygen atoms in total. The van der Waals surface area contributed by atoms with Crippen LogP contribution in [0.25, 0.3) is 0 Å². The summed E-state index contributed by atoms with van der Waals surface area (Å²) < 4.78 is 8.81. The number of rotatable bonds is 2. The van der Waals surface area contributed by atoms with Gasteiger partial charge in [-0.05, 0) is 46.1 Å². The van der Waals surface area contributed by atoms with Gasteiger partial charge in [0, 0.05) is 5.56 Å². The predicted octanol–water partition coefficient (Wildman–Crippen LogP) is 3.55. The Hall–Kier alpha value is -1.31. The minimum absolute atomic E-state index is 0.342. The molecule has 1 heterocycles. The van der Waals surface area contributed by atoms with Crippen LogP contribution >= 0.6 is 0 Å². The minimum atomic E-state index is 0.342. The zero-order chi connectivity index (χ0) is 13.6. The Kier molecular flexibility index (Phi) is 3.12. The lowest BCUT2D eigenvalue weighted by molar-refractivity contribution is -0.597. The minimum Gasteiger partial charge on any atom is -0.437 e. The molecule has 1 aromatic carbocycles. The number of nitrogens with zero attached hydrogens (tertiary/aromatic N) is 1. The summed E-state index contributed by atoms with van der Waals surface area (Å²) in [5.41, 5.74) is 2.98. The van der Waals surface area contributed by atoms with E-state index in [1.165, 1.54) is 17.0 Å². The first-order valence-electron chi connectivity index (χ1n) is 7.49. The Morgan fingerprint density at radius 1 is 1.16 bits per heavy atom. The molecule has 1 aliphatic heterocycles. The van der Waals surface area contributed by atoms with Gasteiger partial charge in [-0.25, -0.2) is 0 Å². The van der Waals surface area contributed by atoms with Crippen LogP contribution in [0.5, 0.6) is 0 Å². The molecule has 0 spiro atoms. The van der Waals surface area contributed by atoms with Crippen molar-refractivity contribution in [2.24, 2.45) is 5.92 Å². The molecule has 3 rings (SSSR count). The fourth-order valence-electron chi connectivity index (χ4n) is 3.52. The van der Waals surface area contributed by atoms with Gasteiger partial charge in [-0.2, -0.15) is 4.58 Å². The smallest absolute Gasteiger partial charge is 0.340 e. The van der Waals surface area contributed by atoms with Crippen LogP contribution in [0.15, 0.2) is 24.3 Å². The molecule has 0 fully saturated rings. The maximum absolute atomic E-state index is 6.30. The highest BCUT2D eigenvalue weighted by molar-refractivity contribution is 5.74. The highest BCUT2D eigenvalue weighted by Crippen LogP contribution is 2.39. The summed E-state index contributed by atoms with van der Waals surface area (Å²) in [6.45, 7) is 9.00. The molecule has 1 aliphatic carbocycles. The van der Waals surface area contributed by atoms with Gasteiger partial charge in [0.15, 0.2) is 12.1 Å². The van der Waals surface area contributed by atoms with Crippen molar-refractivity contribution in [1.29, 1.82) is 0 Å². The monoisotopic (exact) mass is 258 g/mol. The van der Waals surface area contributed by atoms with Crippen molar-refractivity contribution in [1.82, 2.24) is 0 Å². The summed E-state index contributed by atoms with van der Waals surface area (Å²) in [7, 11) is 0. The predicted molar refractivity (Wildman–Crippen MR) is 77.6 cm³/mol. The van der Waals surface area contributed by atoms with Gasteiger partial charge in [0.2, 0.25) is 6.04 Å². The van der Waals surface area contributed by atoms with E-state index < -0.39 is 0 Å². The van der Waals surface area contributed by atoms with E-state index in [1.54, 1.807) is 0 Å². The van der Waals surface area contributed by atoms with Crippen molar-refractivity contribution in [3.63, 3.8) is 0 Å². The number of hydrogen-bond donors (Lipinski definition) is 0. The molecule has 2 aliphatic rings. The van der Waals surface area contributed by atoms with Crippen LogP contribution in [0, 0.1) is 5.92 Å². The van der Waals surface area contributed by atoms with Crippen molar-refractivity contribution in [3.05, 3.63) is 35.4 Å². The fourth-order valence-corrected chi connectivity index (χ4v) is 3.52. The third-order valence-corrected chi connectivity index (χ3v) is 4.30. The zero-order valence-corrected chi connectivity index (χ0v) is 12.4. The number of benzene rings is 1. The SMILES string of the molecule is CC(C)C1=[N+](C(C)C)[C@@H]2c3ccccc3CC[C@@H]2O1. The molecular weight excluding hydrogens is 234 g/mol. The van der Waals surface area contributed by atoms with Gasteiger partial charge in [-0.1, -0.05) is 24.3 Å². The second kappa shape index (κ2) is 4.66. The molecule has 2 heteroatoms. The van der Waals surface area contributed by atoms with Gasteiger partial charge in [0.05, 0.1) is 5.92 Å². The molecule has 102 valence electrons. The van der Waals surface area contributed by atoms with Crippen LogP contribution in [0.1, 0.15) is 51.3 Å². The molecule has 1 aromatic rings. The van der Waals surface area contributed by atoms with Crippen molar-refractivity contribution >= 4 is 5.90 Å². The Labute approximate surface area is 116 Å². The Balaban J connectivity index is 2.11. The van der Waals surface area contributed by atoms with Gasteiger partial charge in [0.1, 0.15) is 0 Å². The van der Waals surface area contributed by atoms with Crippen LogP contribution in [-0.2, 0) is 11.2 Å². The topological polar surface area (TPSA) is 12.2 Å². The molecule has 0 saturated heterocycles. The average molecular weight is 258 g/mol. The van der Waals surface area contributed by atoms with E-state index in [-0.39, 0.29) is 0 Å². The van der Waals surface area contributed by atoms with Crippen LogP contribution in [0.2, 0.25) is 0 Å². The molecule has 0 bridgehead atoms. The first-order valence-corrected chi connectivity index (χ1v) is 7.49. The Bertz CT molecular complexity index is 516. The lowest BCUT2D eigenvalue weighted by Crippen LogP contribution is -2.33. The molecule has 0 N–H and O–H groups in total. The van der Waals surface area contributed by atoms with E-state index >= 15 is 0 Å². The quantitative estimate of drug-likeness (QED) is 0.739. The van der Waals surface area contributed by atoms with Crippen molar-refractivity contribution in [3.8, 4) is 0 Å². The molecule has 0 radical (unpaired) electrons. The van der Waals surface area contributed by atoms with Gasteiger partial charge < -0.3 is 4.74 Å². The molecule has 2 atom stereocenters. The van der Waals surface area contributed by atoms with Crippen LogP contribution < -0.4 is 0 Å². The van der Waals surface area contributed by atoms with Crippen LogP contribution in [0.3, 0.4) is 0 Å². The van der Waals surface area contributed by atoms with Crippen LogP contribution in [-0.4, -0.2) is 22.6 Å². The zero-order valence-electron chi connectivity index (χ0n) is 12.4. The van der Waals surface area contributed by atoms with Gasteiger partial charge in [-0.15, -0.1) is 0 Å². The maximum Gasteiger partial charge on any atom is 0.340 e. The lowest BCUT2D eigenvalue weighted by Gasteiger charge is -2.25. The third kappa shape index (κ3) is 1.98. The number of aryl methyl sites for hydroxylation is 1. The highest BCUT2D eigenvalue weighted by Gasteiger charge is 2.49. The average Bonchev–Trinajstić information content (AvgIpc) is 2.78. The largest absolute Gasteiger partial charge is 0.437 e. The van der Waals surface area contributed by atoms with E-state index in [2.05, 4.69) is 56.5 Å². The standard InChI is InChI=1S/C17H24NO/c1-11(2)17-18(12(3)4)16-14-8-6-5-7-13(14)9-10-15(16)19-17/h5-8,11-12,15-16H,9-10H2,1-4H3/q+1/t15-,16+/m0/s1. The second-order valence-corrected chi connectivity index (χ2v) is 6.33. The number of fused-ring (bicyclic) bond motifs is 3. The van der Waals surface area contributed by atoms with Crippen molar-refractivity contribution in [2.45, 2.75) is 58.7 Å². The van der Waals surface area contributed by atoms with Crippen molar-refractivity contribution in [2.75, 3.05) is 0 Å². The van der Waals surface area contributed by atoms with Gasteiger partial charge in [0.25, 0.3) is 0 Å². The van der Waals surface area contributed by atoms with Crippen molar-refractivity contribution < 1.29 is 9.31 Å². The molecular formula is C17H24NO+. The summed E-state index contributed by atoms with van der Waals surface area (Å²) in [5.74, 6) is 1.64. The third-order valence-electron chi connectivity index (χ3n) is 4.30. The Morgan fingerprint density at radius 2 is 1.89 bits per heavy atom. The van der Waals surface area contributed by atoms with Gasteiger partial charge >= 0.3 is 5.90 Å². The first-order chi connectivity index (χ1) is 9.09. The second-order valence-electron chi connectivity index (χ2n) is 6.33. The number of ether oxygens (including phenoxy) is 1. The molecule has 0 aromatic heterocycles. The normalized spacial score (nSPS) is 25.6. The van der Waals surface area contributed by atoms with Gasteiger partial charge in [-0.3, -0.25) is 0 Å². The van der Waals surface area contributed by atoms with E-state index in [0.717, 1.165) is 12.8 Å². The summed E-state index contributed by atoms with van der Waals surface area (Å²) >= 11 is 0. The molecule has 0 saturated carbocycles. The lowest BCUT2D eigenvalue weighted by atomic mass is 9.85. The van der Waals surface area contributed by atoms with E-state index in [9.17, 15) is 0 Å². The maximum atomic E-state index is 6.30. The summed E-state index contributed by atoms with van der Waals surface area (Å²) in [5, 5.41) is 0. The highest BCUT2D eigenvalue weighted by atomic mass is 16.5. The van der Waals surface area contributed by atoms with E-state index in [4.69, 9.17) is 4.74 Å². The van der Waals surface area contributed by atoms with Crippen LogP contribution in [0.4, 0.5) is 0 Å².